The molecule has 0 bridgehead atoms. The molecule has 0 atom stereocenters. The number of thiazole rings is 1. The number of hydrogen-bond acceptors (Lipinski definition) is 3. The molecule has 0 unspecified atom stereocenters. The van der Waals surface area contributed by atoms with Crippen LogP contribution in [-0.4, -0.2) is 35.1 Å². The second-order valence-corrected chi connectivity index (χ2v) is 6.50. The molecule has 0 spiro atoms. The molecular formula is C17H16F4N2OS. The normalized spacial score (nSPS) is 11.4. The smallest absolute Gasteiger partial charge is 0.325 e. The molecule has 1 aromatic heterocycles. The van der Waals surface area contributed by atoms with Crippen molar-refractivity contribution >= 4 is 17.2 Å². The second-order valence-electron chi connectivity index (χ2n) is 5.41. The number of aryl methyl sites for hydroxylation is 1. The molecule has 0 N–H and O–H groups in total. The average molecular weight is 372 g/mol. The van der Waals surface area contributed by atoms with Crippen LogP contribution in [0.4, 0.5) is 17.6 Å². The van der Waals surface area contributed by atoms with E-state index in [-0.39, 0.29) is 17.2 Å². The lowest BCUT2D eigenvalue weighted by Crippen LogP contribution is -2.39. The summed E-state index contributed by atoms with van der Waals surface area (Å²) in [5.74, 6) is -1.08. The third kappa shape index (κ3) is 5.38. The first-order chi connectivity index (χ1) is 11.7. The molecule has 0 saturated heterocycles. The summed E-state index contributed by atoms with van der Waals surface area (Å²) in [6.45, 7) is 3.42. The number of halogens is 4. The molecule has 25 heavy (non-hydrogen) atoms. The van der Waals surface area contributed by atoms with Gasteiger partial charge in [-0.15, -0.1) is 17.9 Å². The Labute approximate surface area is 146 Å². The molecule has 1 amide bonds. The maximum Gasteiger partial charge on any atom is 0.406 e. The molecule has 0 radical (unpaired) electrons. The van der Waals surface area contributed by atoms with E-state index in [0.29, 0.717) is 22.0 Å². The molecule has 0 aliphatic rings. The van der Waals surface area contributed by atoms with Gasteiger partial charge in [-0.05, 0) is 24.6 Å². The van der Waals surface area contributed by atoms with Gasteiger partial charge in [-0.2, -0.15) is 13.2 Å². The zero-order valence-electron chi connectivity index (χ0n) is 13.4. The van der Waals surface area contributed by atoms with Gasteiger partial charge in [-0.25, -0.2) is 9.37 Å². The van der Waals surface area contributed by atoms with E-state index in [9.17, 15) is 22.4 Å². The molecule has 2 rings (SSSR count). The van der Waals surface area contributed by atoms with E-state index in [1.54, 1.807) is 19.1 Å². The fourth-order valence-corrected chi connectivity index (χ4v) is 3.31. The van der Waals surface area contributed by atoms with Crippen molar-refractivity contribution < 1.29 is 22.4 Å². The van der Waals surface area contributed by atoms with E-state index in [0.717, 1.165) is 16.9 Å². The van der Waals surface area contributed by atoms with E-state index in [1.165, 1.54) is 18.2 Å². The quantitative estimate of drug-likeness (QED) is 0.557. The minimum Gasteiger partial charge on any atom is -0.325 e. The first-order valence-corrected chi connectivity index (χ1v) is 8.19. The van der Waals surface area contributed by atoms with Gasteiger partial charge in [0.15, 0.2) is 0 Å². The molecule has 134 valence electrons. The van der Waals surface area contributed by atoms with Gasteiger partial charge in [0.2, 0.25) is 0 Å². The van der Waals surface area contributed by atoms with Crippen molar-refractivity contribution in [3.63, 3.8) is 0 Å². The van der Waals surface area contributed by atoms with Crippen molar-refractivity contribution in [3.05, 3.63) is 63.9 Å². The van der Waals surface area contributed by atoms with Crippen molar-refractivity contribution in [1.82, 2.24) is 9.88 Å². The van der Waals surface area contributed by atoms with Crippen LogP contribution < -0.4 is 0 Å². The summed E-state index contributed by atoms with van der Waals surface area (Å²) in [7, 11) is 0. The molecular weight excluding hydrogens is 356 g/mol. The van der Waals surface area contributed by atoms with Crippen LogP contribution in [-0.2, 0) is 6.42 Å². The van der Waals surface area contributed by atoms with E-state index in [1.807, 2.05) is 0 Å². The predicted molar refractivity (Wildman–Crippen MR) is 88.2 cm³/mol. The Hall–Kier alpha value is -2.22. The monoisotopic (exact) mass is 372 g/mol. The van der Waals surface area contributed by atoms with Crippen LogP contribution in [0.2, 0.25) is 0 Å². The molecule has 1 aromatic carbocycles. The van der Waals surface area contributed by atoms with Gasteiger partial charge in [-0.1, -0.05) is 18.2 Å². The number of carbonyl (C=O) groups is 1. The number of benzene rings is 1. The highest BCUT2D eigenvalue weighted by atomic mass is 32.1. The minimum atomic E-state index is -4.49. The van der Waals surface area contributed by atoms with Crippen LogP contribution in [0.5, 0.6) is 0 Å². The fraction of sp³-hybridized carbons (Fsp3) is 0.294. The summed E-state index contributed by atoms with van der Waals surface area (Å²) in [5.41, 5.74) is 1.18. The Balaban J connectivity index is 2.20. The zero-order valence-corrected chi connectivity index (χ0v) is 14.3. The van der Waals surface area contributed by atoms with Crippen molar-refractivity contribution in [2.75, 3.05) is 13.1 Å². The summed E-state index contributed by atoms with van der Waals surface area (Å²) in [6, 6.07) is 5.83. The van der Waals surface area contributed by atoms with Crippen molar-refractivity contribution in [2.45, 2.75) is 19.5 Å². The topological polar surface area (TPSA) is 33.2 Å². The van der Waals surface area contributed by atoms with Crippen LogP contribution in [0.3, 0.4) is 0 Å². The van der Waals surface area contributed by atoms with Crippen LogP contribution in [0, 0.1) is 12.7 Å². The van der Waals surface area contributed by atoms with E-state index in [2.05, 4.69) is 11.6 Å². The zero-order chi connectivity index (χ0) is 18.6. The number of aromatic nitrogens is 1. The summed E-state index contributed by atoms with van der Waals surface area (Å²) in [5, 5.41) is 0.581. The first-order valence-electron chi connectivity index (χ1n) is 7.37. The van der Waals surface area contributed by atoms with Crippen LogP contribution in [0.1, 0.15) is 25.9 Å². The van der Waals surface area contributed by atoms with Gasteiger partial charge in [-0.3, -0.25) is 4.79 Å². The predicted octanol–water partition coefficient (Wildman–Crippen LogP) is 4.37. The number of amides is 1. The Morgan fingerprint density at radius 2 is 1.96 bits per heavy atom. The Kier molecular flexibility index (Phi) is 5.94. The highest BCUT2D eigenvalue weighted by Crippen LogP contribution is 2.24. The number of rotatable bonds is 6. The van der Waals surface area contributed by atoms with Gasteiger partial charge in [0.05, 0.1) is 10.7 Å². The van der Waals surface area contributed by atoms with Gasteiger partial charge in [0, 0.05) is 13.0 Å². The summed E-state index contributed by atoms with van der Waals surface area (Å²) in [4.78, 5) is 17.6. The maximum atomic E-state index is 12.9. The molecule has 0 fully saturated rings. The highest BCUT2D eigenvalue weighted by molar-refractivity contribution is 7.13. The lowest BCUT2D eigenvalue weighted by atomic mass is 10.1. The summed E-state index contributed by atoms with van der Waals surface area (Å²) < 4.78 is 50.9. The third-order valence-corrected chi connectivity index (χ3v) is 4.46. The maximum absolute atomic E-state index is 12.9. The van der Waals surface area contributed by atoms with Crippen molar-refractivity contribution in [1.29, 1.82) is 0 Å². The standard InChI is InChI=1S/C17H16F4N2OS/c1-3-8-23(10-17(19,20)21)16(24)15-11(2)22-14(25-15)9-12-4-6-13(18)7-5-12/h3-7H,1,8-10H2,2H3. The fourth-order valence-electron chi connectivity index (χ4n) is 2.24. The second kappa shape index (κ2) is 7.77. The van der Waals surface area contributed by atoms with Gasteiger partial charge in [0.1, 0.15) is 17.2 Å². The molecule has 3 nitrogen and oxygen atoms in total. The third-order valence-electron chi connectivity index (χ3n) is 3.31. The number of hydrogen-bond donors (Lipinski definition) is 0. The largest absolute Gasteiger partial charge is 0.406 e. The molecule has 0 aliphatic carbocycles. The van der Waals surface area contributed by atoms with Gasteiger partial charge >= 0.3 is 6.18 Å². The van der Waals surface area contributed by atoms with Crippen molar-refractivity contribution in [2.24, 2.45) is 0 Å². The Morgan fingerprint density at radius 1 is 1.32 bits per heavy atom. The van der Waals surface area contributed by atoms with Crippen molar-refractivity contribution in [3.8, 4) is 0 Å². The number of alkyl halides is 3. The molecule has 1 heterocycles. The van der Waals surface area contributed by atoms with Crippen LogP contribution in [0.15, 0.2) is 36.9 Å². The molecule has 0 aliphatic heterocycles. The van der Waals surface area contributed by atoms with E-state index in [4.69, 9.17) is 0 Å². The Morgan fingerprint density at radius 3 is 2.52 bits per heavy atom. The highest BCUT2D eigenvalue weighted by Gasteiger charge is 2.34. The average Bonchev–Trinajstić information content (AvgIpc) is 2.88. The number of carbonyl (C=O) groups excluding carboxylic acids is 1. The summed E-state index contributed by atoms with van der Waals surface area (Å²) >= 11 is 1.05. The lowest BCUT2D eigenvalue weighted by molar-refractivity contribution is -0.139. The van der Waals surface area contributed by atoms with Gasteiger partial charge in [0.25, 0.3) is 5.91 Å². The lowest BCUT2D eigenvalue weighted by Gasteiger charge is -2.22. The molecule has 0 saturated carbocycles. The van der Waals surface area contributed by atoms with Crippen LogP contribution >= 0.6 is 11.3 Å². The van der Waals surface area contributed by atoms with Crippen LogP contribution in [0.25, 0.3) is 0 Å². The van der Waals surface area contributed by atoms with E-state index >= 15 is 0 Å². The first kappa shape index (κ1) is 19.1. The molecule has 2 aromatic rings. The van der Waals surface area contributed by atoms with E-state index < -0.39 is 18.6 Å². The Bertz CT molecular complexity index is 753. The summed E-state index contributed by atoms with van der Waals surface area (Å²) in [6.07, 6.45) is -2.87. The van der Waals surface area contributed by atoms with Gasteiger partial charge < -0.3 is 4.90 Å². The molecule has 8 heteroatoms. The minimum absolute atomic E-state index is 0.170. The SMILES string of the molecule is C=CCN(CC(F)(F)F)C(=O)c1sc(Cc2ccc(F)cc2)nc1C. The number of nitrogens with zero attached hydrogens (tertiary/aromatic N) is 2.